The molecule has 0 heterocycles. The molecule has 1 aromatic rings. The zero-order chi connectivity index (χ0) is 11.1. The predicted octanol–water partition coefficient (Wildman–Crippen LogP) is 2.70. The molecule has 78 valence electrons. The van der Waals surface area contributed by atoms with Gasteiger partial charge >= 0.3 is 5.97 Å². The van der Waals surface area contributed by atoms with Crippen molar-refractivity contribution < 1.29 is 9.53 Å². The molecular weight excluding hydrogens is 234 g/mol. The summed E-state index contributed by atoms with van der Waals surface area (Å²) in [6, 6.07) is 6.94. The minimum Gasteiger partial charge on any atom is -0.449 e. The van der Waals surface area contributed by atoms with E-state index >= 15 is 0 Å². The molecule has 0 radical (unpaired) electrons. The third-order valence-corrected chi connectivity index (χ3v) is 1.88. The van der Waals surface area contributed by atoms with E-state index in [0.29, 0.717) is 5.69 Å². The Kier molecular flexibility index (Phi) is 4.98. The minimum absolute atomic E-state index is 0.119. The van der Waals surface area contributed by atoms with Crippen molar-refractivity contribution in [2.75, 3.05) is 6.07 Å². The molecule has 0 spiro atoms. The molecule has 0 N–H and O–H groups in total. The number of benzene rings is 1. The topological polar surface area (TPSA) is 38.7 Å². The van der Waals surface area contributed by atoms with E-state index in [1.165, 1.54) is 0 Å². The van der Waals surface area contributed by atoms with Crippen LogP contribution in [0.2, 0.25) is 0 Å². The average molecular weight is 242 g/mol. The zero-order valence-electron chi connectivity index (χ0n) is 7.77. The number of esters is 1. The molecule has 1 rings (SSSR count). The number of nitrogens with zero attached hydrogens (tertiary/aromatic N) is 1. The van der Waals surface area contributed by atoms with Crippen LogP contribution in [0.1, 0.15) is 5.56 Å². The van der Waals surface area contributed by atoms with Gasteiger partial charge in [-0.15, -0.1) is 0 Å². The molecule has 0 saturated carbocycles. The van der Waals surface area contributed by atoms with Crippen molar-refractivity contribution in [1.82, 2.24) is 0 Å². The van der Waals surface area contributed by atoms with E-state index < -0.39 is 0 Å². The maximum absolute atomic E-state index is 11.1. The van der Waals surface area contributed by atoms with Crippen molar-refractivity contribution in [3.63, 3.8) is 0 Å². The predicted molar refractivity (Wildman–Crippen MR) is 61.6 cm³/mol. The maximum Gasteiger partial charge on any atom is 0.311 e. The normalized spacial score (nSPS) is 9.13. The van der Waals surface area contributed by atoms with Crippen molar-refractivity contribution in [3.8, 4) is 0 Å². The lowest BCUT2D eigenvalue weighted by Crippen LogP contribution is -2.06. The Hall–Kier alpha value is -1.22. The minimum atomic E-state index is -0.351. The van der Waals surface area contributed by atoms with Gasteiger partial charge in [0, 0.05) is 0 Å². The highest BCUT2D eigenvalue weighted by atomic mass is 35.5. The Balaban J connectivity index is 2.64. The molecule has 15 heavy (non-hydrogen) atoms. The van der Waals surface area contributed by atoms with Gasteiger partial charge in [-0.1, -0.05) is 23.7 Å². The number of thiocarbonyl (C=S) groups is 1. The number of hydrogen-bond acceptors (Lipinski definition) is 4. The van der Waals surface area contributed by atoms with Gasteiger partial charge in [0.15, 0.2) is 6.07 Å². The van der Waals surface area contributed by atoms with Gasteiger partial charge in [-0.2, -0.15) is 4.99 Å². The second kappa shape index (κ2) is 6.30. The summed E-state index contributed by atoms with van der Waals surface area (Å²) in [5.74, 6) is -0.351. The monoisotopic (exact) mass is 241 g/mol. The molecule has 0 aliphatic rings. The number of halogens is 1. The van der Waals surface area contributed by atoms with Crippen molar-refractivity contribution >= 4 is 40.6 Å². The van der Waals surface area contributed by atoms with Gasteiger partial charge in [0.25, 0.3) is 0 Å². The van der Waals surface area contributed by atoms with Crippen LogP contribution in [0.3, 0.4) is 0 Å². The van der Waals surface area contributed by atoms with Gasteiger partial charge in [-0.3, -0.25) is 4.79 Å². The largest absolute Gasteiger partial charge is 0.449 e. The van der Waals surface area contributed by atoms with Crippen LogP contribution in [0.4, 0.5) is 5.69 Å². The van der Waals surface area contributed by atoms with Crippen LogP contribution < -0.4 is 0 Å². The van der Waals surface area contributed by atoms with E-state index in [9.17, 15) is 4.79 Å². The summed E-state index contributed by atoms with van der Waals surface area (Å²) in [5.41, 5.74) is 1.55. The summed E-state index contributed by atoms with van der Waals surface area (Å²) in [6.45, 7) is 0. The van der Waals surface area contributed by atoms with Crippen LogP contribution in [0.25, 0.3) is 0 Å². The number of carbonyl (C=O) groups excluding carboxylic acids is 1. The molecule has 0 saturated heterocycles. The summed E-state index contributed by atoms with van der Waals surface area (Å²) in [6.07, 6.45) is 0.203. The lowest BCUT2D eigenvalue weighted by atomic mass is 10.1. The molecular formula is C10H8ClNO2S. The Morgan fingerprint density at radius 3 is 2.67 bits per heavy atom. The van der Waals surface area contributed by atoms with Crippen LogP contribution >= 0.6 is 23.8 Å². The number of ether oxygens (including phenoxy) is 1. The average Bonchev–Trinajstić information content (AvgIpc) is 2.22. The second-order valence-electron chi connectivity index (χ2n) is 2.67. The number of carbonyl (C=O) groups is 1. The van der Waals surface area contributed by atoms with E-state index in [1.807, 2.05) is 0 Å². The first-order chi connectivity index (χ1) is 7.26. The van der Waals surface area contributed by atoms with E-state index in [-0.39, 0.29) is 18.5 Å². The second-order valence-corrected chi connectivity index (χ2v) is 3.07. The van der Waals surface area contributed by atoms with Crippen molar-refractivity contribution in [3.05, 3.63) is 29.8 Å². The summed E-state index contributed by atoms with van der Waals surface area (Å²) >= 11 is 9.72. The highest BCUT2D eigenvalue weighted by Gasteiger charge is 2.03. The first kappa shape index (κ1) is 11.9. The third kappa shape index (κ3) is 4.21. The van der Waals surface area contributed by atoms with Gasteiger partial charge in [0.2, 0.25) is 0 Å². The molecule has 0 unspecified atom stereocenters. The molecule has 0 amide bonds. The Morgan fingerprint density at radius 1 is 1.47 bits per heavy atom. The van der Waals surface area contributed by atoms with E-state index in [0.717, 1.165) is 5.56 Å². The van der Waals surface area contributed by atoms with Crippen LogP contribution in [-0.2, 0) is 16.0 Å². The van der Waals surface area contributed by atoms with Gasteiger partial charge in [-0.05, 0) is 29.9 Å². The number of alkyl halides is 1. The molecule has 3 nitrogen and oxygen atoms in total. The Bertz CT molecular complexity index is 385. The van der Waals surface area contributed by atoms with Gasteiger partial charge in [0.1, 0.15) is 0 Å². The standard InChI is InChI=1S/C10H8ClNO2S/c11-6-14-10(13)5-8-1-3-9(4-2-8)12-7-15/h1-4H,5-6H2. The summed E-state index contributed by atoms with van der Waals surface area (Å²) in [5, 5.41) is 2.26. The van der Waals surface area contributed by atoms with Crippen LogP contribution in [0, 0.1) is 0 Å². The molecule has 0 aromatic heterocycles. The Labute approximate surface area is 97.7 Å². The third-order valence-electron chi connectivity index (χ3n) is 1.68. The first-order valence-corrected chi connectivity index (χ1v) is 5.09. The van der Waals surface area contributed by atoms with Crippen LogP contribution in [0.5, 0.6) is 0 Å². The smallest absolute Gasteiger partial charge is 0.311 e. The number of isothiocyanates is 1. The molecule has 0 atom stereocenters. The van der Waals surface area contributed by atoms with E-state index in [2.05, 4.69) is 27.1 Å². The van der Waals surface area contributed by atoms with Crippen molar-refractivity contribution in [2.45, 2.75) is 6.42 Å². The maximum atomic E-state index is 11.1. The molecule has 0 aliphatic carbocycles. The summed E-state index contributed by atoms with van der Waals surface area (Å²) in [7, 11) is 0. The van der Waals surface area contributed by atoms with Gasteiger partial charge in [0.05, 0.1) is 17.3 Å². The number of rotatable bonds is 4. The van der Waals surface area contributed by atoms with Crippen molar-refractivity contribution in [1.29, 1.82) is 0 Å². The van der Waals surface area contributed by atoms with Crippen molar-refractivity contribution in [2.24, 2.45) is 4.99 Å². The van der Waals surface area contributed by atoms with Crippen LogP contribution in [0.15, 0.2) is 29.3 Å². The van der Waals surface area contributed by atoms with Crippen LogP contribution in [-0.4, -0.2) is 17.2 Å². The quantitative estimate of drug-likeness (QED) is 0.352. The SMILES string of the molecule is O=C(Cc1ccc(N=C=S)cc1)OCCl. The highest BCUT2D eigenvalue weighted by molar-refractivity contribution is 7.78. The number of aliphatic imine (C=N–C) groups is 1. The molecule has 0 aliphatic heterocycles. The molecule has 1 aromatic carbocycles. The molecule has 0 bridgehead atoms. The Morgan fingerprint density at radius 2 is 2.13 bits per heavy atom. The summed E-state index contributed by atoms with van der Waals surface area (Å²) in [4.78, 5) is 14.9. The zero-order valence-corrected chi connectivity index (χ0v) is 9.35. The van der Waals surface area contributed by atoms with E-state index in [1.54, 1.807) is 24.3 Å². The summed E-state index contributed by atoms with van der Waals surface area (Å²) < 4.78 is 4.60. The molecule has 5 heteroatoms. The first-order valence-electron chi connectivity index (χ1n) is 4.14. The lowest BCUT2D eigenvalue weighted by molar-refractivity contribution is -0.140. The highest BCUT2D eigenvalue weighted by Crippen LogP contribution is 2.12. The fraction of sp³-hybridized carbons (Fsp3) is 0.200. The number of hydrogen-bond donors (Lipinski definition) is 0. The molecule has 0 fully saturated rings. The lowest BCUT2D eigenvalue weighted by Gasteiger charge is -2.00. The fourth-order valence-corrected chi connectivity index (χ4v) is 1.25. The van der Waals surface area contributed by atoms with Gasteiger partial charge in [-0.25, -0.2) is 0 Å². The fourth-order valence-electron chi connectivity index (χ4n) is 1.02. The van der Waals surface area contributed by atoms with Gasteiger partial charge < -0.3 is 4.74 Å². The van der Waals surface area contributed by atoms with E-state index in [4.69, 9.17) is 11.6 Å².